The number of aromatic amines is 1. The summed E-state index contributed by atoms with van der Waals surface area (Å²) in [5, 5.41) is 3.77. The minimum absolute atomic E-state index is 0.120. The van der Waals surface area contributed by atoms with Gasteiger partial charge in [-0.1, -0.05) is 18.2 Å². The molecule has 1 aliphatic heterocycles. The average Bonchev–Trinajstić information content (AvgIpc) is 3.16. The van der Waals surface area contributed by atoms with Crippen molar-refractivity contribution in [2.45, 2.75) is 4.90 Å². The fourth-order valence-electron chi connectivity index (χ4n) is 2.96. The van der Waals surface area contributed by atoms with Crippen molar-refractivity contribution in [3.05, 3.63) is 59.8 Å². The van der Waals surface area contributed by atoms with Gasteiger partial charge in [-0.2, -0.15) is 0 Å². The maximum atomic E-state index is 12.4. The minimum atomic E-state index is -3.58. The summed E-state index contributed by atoms with van der Waals surface area (Å²) in [6.07, 6.45) is 3.60. The normalized spacial score (nSPS) is 15.6. The van der Waals surface area contributed by atoms with Gasteiger partial charge in [0.2, 0.25) is 10.0 Å². The molecule has 6 nitrogen and oxygen atoms in total. The zero-order chi connectivity index (χ0) is 17.6. The summed E-state index contributed by atoms with van der Waals surface area (Å²) < 4.78 is 26.4. The quantitative estimate of drug-likeness (QED) is 0.632. The third-order valence-electron chi connectivity index (χ3n) is 4.27. The molecule has 0 unspecified atom stereocenters. The molecule has 0 saturated carbocycles. The van der Waals surface area contributed by atoms with E-state index in [-0.39, 0.29) is 10.8 Å². The number of H-pyrrole nitrogens is 1. The van der Waals surface area contributed by atoms with Gasteiger partial charge >= 0.3 is 0 Å². The molecule has 2 heterocycles. The number of hydrogen-bond donors (Lipinski definition) is 3. The van der Waals surface area contributed by atoms with Crippen LogP contribution in [-0.2, 0) is 14.8 Å². The summed E-state index contributed by atoms with van der Waals surface area (Å²) >= 11 is 0. The van der Waals surface area contributed by atoms with E-state index in [2.05, 4.69) is 15.0 Å². The Labute approximate surface area is 144 Å². The minimum Gasteiger partial charge on any atom is -0.361 e. The molecule has 0 spiro atoms. The summed E-state index contributed by atoms with van der Waals surface area (Å²) in [6.45, 7) is 0. The first-order valence-electron chi connectivity index (χ1n) is 7.67. The molecular formula is C18H15N3O3S. The standard InChI is InChI=1S/C18H15N3O3S/c1-19-25(23,24)12-6-7-17-14(9-12)15(18(22)21-17)8-11-10-20-16-5-3-2-4-13(11)16/h2-10,19-20H,1H3,(H,21,22). The Morgan fingerprint density at radius 2 is 1.92 bits per heavy atom. The molecule has 0 fully saturated rings. The van der Waals surface area contributed by atoms with E-state index in [4.69, 9.17) is 0 Å². The van der Waals surface area contributed by atoms with Crippen LogP contribution in [0, 0.1) is 0 Å². The van der Waals surface area contributed by atoms with Crippen molar-refractivity contribution in [3.8, 4) is 0 Å². The molecule has 1 aliphatic rings. The number of sulfonamides is 1. The van der Waals surface area contributed by atoms with Crippen LogP contribution < -0.4 is 10.0 Å². The molecule has 1 aromatic heterocycles. The molecular weight excluding hydrogens is 338 g/mol. The van der Waals surface area contributed by atoms with Crippen molar-refractivity contribution in [2.24, 2.45) is 0 Å². The van der Waals surface area contributed by atoms with Gasteiger partial charge in [0.05, 0.1) is 4.90 Å². The van der Waals surface area contributed by atoms with E-state index in [1.807, 2.05) is 30.5 Å². The van der Waals surface area contributed by atoms with Gasteiger partial charge in [0.15, 0.2) is 0 Å². The first-order chi connectivity index (χ1) is 12.0. The molecule has 0 aliphatic carbocycles. The first-order valence-corrected chi connectivity index (χ1v) is 9.15. The summed E-state index contributed by atoms with van der Waals surface area (Å²) in [5.74, 6) is -0.251. The lowest BCUT2D eigenvalue weighted by Crippen LogP contribution is -2.18. The van der Waals surface area contributed by atoms with Crippen LogP contribution in [0.2, 0.25) is 0 Å². The molecule has 4 rings (SSSR count). The van der Waals surface area contributed by atoms with Gasteiger partial charge in [-0.3, -0.25) is 4.79 Å². The molecule has 0 atom stereocenters. The average molecular weight is 353 g/mol. The highest BCUT2D eigenvalue weighted by Crippen LogP contribution is 2.35. The van der Waals surface area contributed by atoms with Crippen LogP contribution >= 0.6 is 0 Å². The molecule has 0 bridgehead atoms. The number of amides is 1. The van der Waals surface area contributed by atoms with Crippen molar-refractivity contribution in [1.29, 1.82) is 0 Å². The first kappa shape index (κ1) is 15.6. The van der Waals surface area contributed by atoms with E-state index in [9.17, 15) is 13.2 Å². The number of aromatic nitrogens is 1. The van der Waals surface area contributed by atoms with Gasteiger partial charge in [0, 0.05) is 39.5 Å². The monoisotopic (exact) mass is 353 g/mol. The molecule has 126 valence electrons. The lowest BCUT2D eigenvalue weighted by Gasteiger charge is -2.05. The third-order valence-corrected chi connectivity index (χ3v) is 5.69. The van der Waals surface area contributed by atoms with Crippen molar-refractivity contribution >= 4 is 44.2 Å². The van der Waals surface area contributed by atoms with E-state index in [0.717, 1.165) is 16.5 Å². The number of hydrogen-bond acceptors (Lipinski definition) is 3. The number of para-hydroxylation sites is 1. The number of carbonyl (C=O) groups excluding carboxylic acids is 1. The van der Waals surface area contributed by atoms with E-state index >= 15 is 0 Å². The van der Waals surface area contributed by atoms with Crippen LogP contribution in [0.15, 0.2) is 53.6 Å². The highest BCUT2D eigenvalue weighted by molar-refractivity contribution is 7.89. The van der Waals surface area contributed by atoms with Crippen LogP contribution in [0.25, 0.3) is 22.6 Å². The summed E-state index contributed by atoms with van der Waals surface area (Å²) in [6, 6.07) is 12.4. The second-order valence-electron chi connectivity index (χ2n) is 5.72. The molecule has 7 heteroatoms. The Kier molecular flexibility index (Phi) is 3.48. The molecule has 0 saturated heterocycles. The van der Waals surface area contributed by atoms with Gasteiger partial charge in [-0.25, -0.2) is 13.1 Å². The number of anilines is 1. The Bertz CT molecular complexity index is 1140. The lowest BCUT2D eigenvalue weighted by molar-refractivity contribution is -0.110. The number of carbonyl (C=O) groups is 1. The Morgan fingerprint density at radius 3 is 2.72 bits per heavy atom. The van der Waals surface area contributed by atoms with Crippen LogP contribution in [0.3, 0.4) is 0 Å². The van der Waals surface area contributed by atoms with Crippen molar-refractivity contribution in [2.75, 3.05) is 12.4 Å². The molecule has 3 aromatic rings. The van der Waals surface area contributed by atoms with Gasteiger partial charge in [-0.05, 0) is 37.4 Å². The maximum absolute atomic E-state index is 12.4. The second kappa shape index (κ2) is 5.58. The largest absolute Gasteiger partial charge is 0.361 e. The number of fused-ring (bicyclic) bond motifs is 2. The molecule has 0 radical (unpaired) electrons. The Morgan fingerprint density at radius 1 is 1.12 bits per heavy atom. The summed E-state index contributed by atoms with van der Waals surface area (Å²) in [4.78, 5) is 15.7. The van der Waals surface area contributed by atoms with E-state index in [1.165, 1.54) is 19.2 Å². The fourth-order valence-corrected chi connectivity index (χ4v) is 3.72. The Balaban J connectivity index is 1.88. The SMILES string of the molecule is CNS(=O)(=O)c1ccc2c(c1)C(=Cc1c[nH]c3ccccc13)C(=O)N2. The predicted molar refractivity (Wildman–Crippen MR) is 97.5 cm³/mol. The highest BCUT2D eigenvalue weighted by atomic mass is 32.2. The van der Waals surface area contributed by atoms with Crippen molar-refractivity contribution in [1.82, 2.24) is 9.71 Å². The fraction of sp³-hybridized carbons (Fsp3) is 0.0556. The van der Waals surface area contributed by atoms with Crippen molar-refractivity contribution < 1.29 is 13.2 Å². The lowest BCUT2D eigenvalue weighted by atomic mass is 10.0. The molecule has 25 heavy (non-hydrogen) atoms. The Hall–Kier alpha value is -2.90. The summed E-state index contributed by atoms with van der Waals surface area (Å²) in [7, 11) is -2.22. The van der Waals surface area contributed by atoms with Gasteiger partial charge in [0.25, 0.3) is 5.91 Å². The molecule has 2 aromatic carbocycles. The molecule has 1 amide bonds. The third kappa shape index (κ3) is 2.54. The highest BCUT2D eigenvalue weighted by Gasteiger charge is 2.26. The smallest absolute Gasteiger partial charge is 0.256 e. The van der Waals surface area contributed by atoms with Crippen LogP contribution in [0.4, 0.5) is 5.69 Å². The number of rotatable bonds is 3. The zero-order valence-electron chi connectivity index (χ0n) is 13.3. The van der Waals surface area contributed by atoms with E-state index < -0.39 is 10.0 Å². The van der Waals surface area contributed by atoms with E-state index in [0.29, 0.717) is 16.8 Å². The van der Waals surface area contributed by atoms with Gasteiger partial charge < -0.3 is 10.3 Å². The topological polar surface area (TPSA) is 91.1 Å². The second-order valence-corrected chi connectivity index (χ2v) is 7.60. The van der Waals surface area contributed by atoms with Gasteiger partial charge in [0.1, 0.15) is 0 Å². The zero-order valence-corrected chi connectivity index (χ0v) is 14.1. The van der Waals surface area contributed by atoms with Crippen LogP contribution in [-0.4, -0.2) is 26.4 Å². The molecule has 3 N–H and O–H groups in total. The van der Waals surface area contributed by atoms with Gasteiger partial charge in [-0.15, -0.1) is 0 Å². The van der Waals surface area contributed by atoms with Crippen molar-refractivity contribution in [3.63, 3.8) is 0 Å². The maximum Gasteiger partial charge on any atom is 0.256 e. The summed E-state index contributed by atoms with van der Waals surface area (Å²) in [5.41, 5.74) is 3.46. The van der Waals surface area contributed by atoms with E-state index in [1.54, 1.807) is 12.1 Å². The van der Waals surface area contributed by atoms with Crippen LogP contribution in [0.5, 0.6) is 0 Å². The number of nitrogens with one attached hydrogen (secondary N) is 3. The predicted octanol–water partition coefficient (Wildman–Crippen LogP) is 2.57. The number of benzene rings is 2. The van der Waals surface area contributed by atoms with Crippen LogP contribution in [0.1, 0.15) is 11.1 Å².